The Morgan fingerprint density at radius 2 is 2.29 bits per heavy atom. The number of nitrogens with zero attached hydrogens (tertiary/aromatic N) is 3. The molecular formula is C11H9N3. The van der Waals surface area contributed by atoms with Gasteiger partial charge in [0.05, 0.1) is 12.9 Å². The third-order valence-corrected chi connectivity index (χ3v) is 1.70. The summed E-state index contributed by atoms with van der Waals surface area (Å²) in [6, 6.07) is 5.69. The number of pyridine rings is 1. The predicted molar refractivity (Wildman–Crippen MR) is 53.3 cm³/mol. The van der Waals surface area contributed by atoms with Crippen LogP contribution in [0.15, 0.2) is 43.1 Å². The molecule has 0 spiro atoms. The molecular weight excluding hydrogens is 174 g/mol. The molecule has 0 amide bonds. The van der Waals surface area contributed by atoms with Gasteiger partial charge in [0.2, 0.25) is 0 Å². The lowest BCUT2D eigenvalue weighted by Gasteiger charge is -1.90. The standard InChI is InChI=1S/C11H9N3/c1-2-6-13-11(4-1)5-3-8-14-9-7-12-10-14/h1-2,4,6-7,9-10H,8H2. The molecule has 14 heavy (non-hydrogen) atoms. The van der Waals surface area contributed by atoms with E-state index in [2.05, 4.69) is 21.8 Å². The summed E-state index contributed by atoms with van der Waals surface area (Å²) in [6.45, 7) is 0.649. The molecule has 0 bridgehead atoms. The fourth-order valence-electron chi connectivity index (χ4n) is 1.04. The maximum atomic E-state index is 4.10. The van der Waals surface area contributed by atoms with Crippen molar-refractivity contribution in [2.24, 2.45) is 0 Å². The van der Waals surface area contributed by atoms with Crippen molar-refractivity contribution in [1.29, 1.82) is 0 Å². The van der Waals surface area contributed by atoms with Crippen molar-refractivity contribution >= 4 is 0 Å². The highest BCUT2D eigenvalue weighted by atomic mass is 15.0. The molecule has 0 aliphatic carbocycles. The van der Waals surface area contributed by atoms with E-state index in [9.17, 15) is 0 Å². The largest absolute Gasteiger partial charge is 0.326 e. The monoisotopic (exact) mass is 183 g/mol. The van der Waals surface area contributed by atoms with Gasteiger partial charge in [-0.1, -0.05) is 12.0 Å². The van der Waals surface area contributed by atoms with Gasteiger partial charge in [-0.3, -0.25) is 0 Å². The van der Waals surface area contributed by atoms with Crippen LogP contribution in [0, 0.1) is 11.8 Å². The van der Waals surface area contributed by atoms with Crippen LogP contribution >= 0.6 is 0 Å². The first-order valence-corrected chi connectivity index (χ1v) is 4.31. The fraction of sp³-hybridized carbons (Fsp3) is 0.0909. The number of hydrogen-bond donors (Lipinski definition) is 0. The van der Waals surface area contributed by atoms with Crippen molar-refractivity contribution in [3.05, 3.63) is 48.8 Å². The van der Waals surface area contributed by atoms with E-state index >= 15 is 0 Å². The molecule has 2 aromatic heterocycles. The summed E-state index contributed by atoms with van der Waals surface area (Å²) in [5, 5.41) is 0. The summed E-state index contributed by atoms with van der Waals surface area (Å²) < 4.78 is 1.91. The van der Waals surface area contributed by atoms with E-state index in [1.807, 2.05) is 29.0 Å². The molecule has 2 rings (SSSR count). The Kier molecular flexibility index (Phi) is 2.58. The zero-order valence-corrected chi connectivity index (χ0v) is 7.59. The number of rotatable bonds is 1. The molecule has 0 saturated heterocycles. The molecule has 0 fully saturated rings. The summed E-state index contributed by atoms with van der Waals surface area (Å²) in [5.74, 6) is 5.99. The van der Waals surface area contributed by atoms with Gasteiger partial charge in [-0.15, -0.1) is 0 Å². The lowest BCUT2D eigenvalue weighted by molar-refractivity contribution is 0.839. The highest BCUT2D eigenvalue weighted by Crippen LogP contribution is 1.89. The van der Waals surface area contributed by atoms with Crippen LogP contribution in [0.1, 0.15) is 5.69 Å². The summed E-state index contributed by atoms with van der Waals surface area (Å²) in [7, 11) is 0. The van der Waals surface area contributed by atoms with E-state index in [4.69, 9.17) is 0 Å². The zero-order valence-electron chi connectivity index (χ0n) is 7.59. The minimum atomic E-state index is 0.649. The van der Waals surface area contributed by atoms with Crippen molar-refractivity contribution in [2.45, 2.75) is 6.54 Å². The van der Waals surface area contributed by atoms with Crippen LogP contribution in [0.2, 0.25) is 0 Å². The van der Waals surface area contributed by atoms with E-state index in [0.717, 1.165) is 5.69 Å². The second-order valence-corrected chi connectivity index (χ2v) is 2.75. The topological polar surface area (TPSA) is 30.7 Å². The van der Waals surface area contributed by atoms with Crippen LogP contribution in [-0.4, -0.2) is 14.5 Å². The van der Waals surface area contributed by atoms with Gasteiger partial charge in [-0.25, -0.2) is 9.97 Å². The van der Waals surface area contributed by atoms with Crippen LogP contribution < -0.4 is 0 Å². The van der Waals surface area contributed by atoms with Crippen molar-refractivity contribution in [1.82, 2.24) is 14.5 Å². The SMILES string of the molecule is C(#Cc1ccccn1)Cn1ccnc1. The van der Waals surface area contributed by atoms with Gasteiger partial charge in [-0.05, 0) is 18.1 Å². The van der Waals surface area contributed by atoms with Gasteiger partial charge in [0, 0.05) is 18.6 Å². The Morgan fingerprint density at radius 1 is 1.29 bits per heavy atom. The molecule has 68 valence electrons. The first-order chi connectivity index (χ1) is 6.95. The zero-order chi connectivity index (χ0) is 9.64. The van der Waals surface area contributed by atoms with Crippen LogP contribution in [-0.2, 0) is 6.54 Å². The van der Waals surface area contributed by atoms with Gasteiger partial charge in [0.25, 0.3) is 0 Å². The predicted octanol–water partition coefficient (Wildman–Crippen LogP) is 1.33. The van der Waals surface area contributed by atoms with Crippen molar-refractivity contribution in [2.75, 3.05) is 0 Å². The Labute approximate surface area is 82.4 Å². The molecule has 0 aliphatic rings. The molecule has 3 heteroatoms. The summed E-state index contributed by atoms with van der Waals surface area (Å²) >= 11 is 0. The van der Waals surface area contributed by atoms with Gasteiger partial charge < -0.3 is 4.57 Å². The van der Waals surface area contributed by atoms with Gasteiger partial charge in [0.15, 0.2) is 0 Å². The molecule has 0 aliphatic heterocycles. The minimum Gasteiger partial charge on any atom is -0.326 e. The number of imidazole rings is 1. The average Bonchev–Trinajstić information content (AvgIpc) is 2.72. The molecule has 0 radical (unpaired) electrons. The molecule has 0 unspecified atom stereocenters. The van der Waals surface area contributed by atoms with E-state index in [-0.39, 0.29) is 0 Å². The summed E-state index contributed by atoms with van der Waals surface area (Å²) in [4.78, 5) is 8.03. The third kappa shape index (κ3) is 2.20. The second-order valence-electron chi connectivity index (χ2n) is 2.75. The number of aromatic nitrogens is 3. The van der Waals surface area contributed by atoms with Crippen LogP contribution in [0.25, 0.3) is 0 Å². The first-order valence-electron chi connectivity index (χ1n) is 4.31. The van der Waals surface area contributed by atoms with E-state index in [1.54, 1.807) is 18.7 Å². The molecule has 0 atom stereocenters. The summed E-state index contributed by atoms with van der Waals surface area (Å²) in [6.07, 6.45) is 7.10. The Bertz CT molecular complexity index is 434. The molecule has 0 N–H and O–H groups in total. The lowest BCUT2D eigenvalue weighted by atomic mass is 10.3. The second kappa shape index (κ2) is 4.24. The van der Waals surface area contributed by atoms with Crippen LogP contribution in [0.5, 0.6) is 0 Å². The highest BCUT2D eigenvalue weighted by molar-refractivity contribution is 5.26. The number of hydrogen-bond acceptors (Lipinski definition) is 2. The molecule has 0 saturated carbocycles. The van der Waals surface area contributed by atoms with E-state index in [1.165, 1.54) is 0 Å². The minimum absolute atomic E-state index is 0.649. The maximum absolute atomic E-state index is 4.10. The average molecular weight is 183 g/mol. The first kappa shape index (κ1) is 8.52. The molecule has 2 aromatic rings. The van der Waals surface area contributed by atoms with E-state index < -0.39 is 0 Å². The van der Waals surface area contributed by atoms with Crippen molar-refractivity contribution in [3.8, 4) is 11.8 Å². The molecule has 3 nitrogen and oxygen atoms in total. The van der Waals surface area contributed by atoms with Crippen LogP contribution in [0.3, 0.4) is 0 Å². The third-order valence-electron chi connectivity index (χ3n) is 1.70. The fourth-order valence-corrected chi connectivity index (χ4v) is 1.04. The van der Waals surface area contributed by atoms with Crippen molar-refractivity contribution in [3.63, 3.8) is 0 Å². The molecule has 0 aromatic carbocycles. The Hall–Kier alpha value is -2.08. The lowest BCUT2D eigenvalue weighted by Crippen LogP contribution is -1.90. The smallest absolute Gasteiger partial charge is 0.113 e. The maximum Gasteiger partial charge on any atom is 0.113 e. The van der Waals surface area contributed by atoms with E-state index in [0.29, 0.717) is 6.54 Å². The van der Waals surface area contributed by atoms with Gasteiger partial charge in [0.1, 0.15) is 5.69 Å². The summed E-state index contributed by atoms with van der Waals surface area (Å²) in [5.41, 5.74) is 0.799. The Balaban J connectivity index is 2.02. The van der Waals surface area contributed by atoms with Crippen LogP contribution in [0.4, 0.5) is 0 Å². The van der Waals surface area contributed by atoms with Gasteiger partial charge in [-0.2, -0.15) is 0 Å². The highest BCUT2D eigenvalue weighted by Gasteiger charge is 1.84. The van der Waals surface area contributed by atoms with Gasteiger partial charge >= 0.3 is 0 Å². The normalized spacial score (nSPS) is 9.14. The molecule has 2 heterocycles. The Morgan fingerprint density at radius 3 is 3.00 bits per heavy atom. The van der Waals surface area contributed by atoms with Crippen molar-refractivity contribution < 1.29 is 0 Å². The quantitative estimate of drug-likeness (QED) is 0.624.